The molecule has 2 aliphatic rings. The van der Waals surface area contributed by atoms with Gasteiger partial charge in [0.2, 0.25) is 11.8 Å². The van der Waals surface area contributed by atoms with Crippen LogP contribution in [0.15, 0.2) is 42.5 Å². The molecule has 0 radical (unpaired) electrons. The van der Waals surface area contributed by atoms with Gasteiger partial charge in [-0.2, -0.15) is 0 Å². The third kappa shape index (κ3) is 4.03. The van der Waals surface area contributed by atoms with E-state index < -0.39 is 12.1 Å². The quantitative estimate of drug-likeness (QED) is 0.577. The maximum absolute atomic E-state index is 13.7. The number of hydrogen-bond acceptors (Lipinski definition) is 4. The maximum atomic E-state index is 13.7. The molecule has 3 heterocycles. The van der Waals surface area contributed by atoms with Gasteiger partial charge in [-0.15, -0.1) is 0 Å². The number of fused-ring (bicyclic) bond motifs is 4. The van der Waals surface area contributed by atoms with Crippen molar-refractivity contribution in [1.29, 1.82) is 0 Å². The van der Waals surface area contributed by atoms with Gasteiger partial charge in [0.1, 0.15) is 6.04 Å². The zero-order valence-corrected chi connectivity index (χ0v) is 21.0. The van der Waals surface area contributed by atoms with Crippen LogP contribution in [0.3, 0.4) is 0 Å². The molecular formula is C28H33N3O4. The van der Waals surface area contributed by atoms with E-state index in [1.54, 1.807) is 16.9 Å². The summed E-state index contributed by atoms with van der Waals surface area (Å²) in [6.45, 7) is 8.76. The molecule has 1 saturated heterocycles. The molecule has 35 heavy (non-hydrogen) atoms. The van der Waals surface area contributed by atoms with Crippen LogP contribution in [0.25, 0.3) is 10.9 Å². The highest BCUT2D eigenvalue weighted by Crippen LogP contribution is 2.44. The number of H-pyrrole nitrogens is 1. The van der Waals surface area contributed by atoms with E-state index in [-0.39, 0.29) is 24.5 Å². The number of aromatic nitrogens is 1. The average molecular weight is 476 g/mol. The smallest absolute Gasteiger partial charge is 0.246 e. The largest absolute Gasteiger partial charge is 0.493 e. The molecule has 1 N–H and O–H groups in total. The molecule has 184 valence electrons. The monoisotopic (exact) mass is 475 g/mol. The summed E-state index contributed by atoms with van der Waals surface area (Å²) in [6, 6.07) is 13.0. The number of methoxy groups -OCH3 is 1. The zero-order valence-electron chi connectivity index (χ0n) is 21.0. The van der Waals surface area contributed by atoms with E-state index in [0.29, 0.717) is 30.4 Å². The predicted octanol–water partition coefficient (Wildman–Crippen LogP) is 4.30. The van der Waals surface area contributed by atoms with Gasteiger partial charge in [-0.3, -0.25) is 9.59 Å². The Bertz CT molecular complexity index is 1280. The predicted molar refractivity (Wildman–Crippen MR) is 135 cm³/mol. The first-order chi connectivity index (χ1) is 16.8. The topological polar surface area (TPSA) is 74.9 Å². The van der Waals surface area contributed by atoms with Gasteiger partial charge in [0.05, 0.1) is 25.8 Å². The lowest BCUT2D eigenvalue weighted by Crippen LogP contribution is -2.63. The van der Waals surface area contributed by atoms with E-state index in [4.69, 9.17) is 9.47 Å². The van der Waals surface area contributed by atoms with Crippen LogP contribution in [0.5, 0.6) is 11.5 Å². The van der Waals surface area contributed by atoms with E-state index in [0.717, 1.165) is 27.7 Å². The van der Waals surface area contributed by atoms with Crippen molar-refractivity contribution in [2.45, 2.75) is 52.3 Å². The molecule has 2 atom stereocenters. The van der Waals surface area contributed by atoms with Crippen LogP contribution in [-0.2, 0) is 16.0 Å². The number of nitrogens with one attached hydrogen (secondary N) is 1. The number of aromatic amines is 1. The van der Waals surface area contributed by atoms with Crippen LogP contribution < -0.4 is 9.47 Å². The highest BCUT2D eigenvalue weighted by Gasteiger charge is 2.48. The van der Waals surface area contributed by atoms with Crippen molar-refractivity contribution in [1.82, 2.24) is 14.8 Å². The molecule has 2 amide bonds. The molecule has 0 unspecified atom stereocenters. The lowest BCUT2D eigenvalue weighted by molar-refractivity contribution is -0.159. The van der Waals surface area contributed by atoms with E-state index >= 15 is 0 Å². The zero-order chi connectivity index (χ0) is 24.9. The van der Waals surface area contributed by atoms with Gasteiger partial charge in [-0.1, -0.05) is 38.1 Å². The van der Waals surface area contributed by atoms with Crippen molar-refractivity contribution in [3.8, 4) is 11.5 Å². The highest BCUT2D eigenvalue weighted by atomic mass is 16.5. The Kier molecular flexibility index (Phi) is 5.95. The van der Waals surface area contributed by atoms with Crippen LogP contribution >= 0.6 is 0 Å². The minimum atomic E-state index is -0.538. The number of carbonyl (C=O) groups is 2. The molecule has 1 fully saturated rings. The summed E-state index contributed by atoms with van der Waals surface area (Å²) in [6.07, 6.45) is 0.503. The van der Waals surface area contributed by atoms with Crippen molar-refractivity contribution < 1.29 is 19.1 Å². The summed E-state index contributed by atoms with van der Waals surface area (Å²) in [4.78, 5) is 34.3. The molecule has 0 spiro atoms. The Hall–Kier alpha value is -3.48. The van der Waals surface area contributed by atoms with E-state index in [1.165, 1.54) is 0 Å². The molecule has 3 aromatic rings. The van der Waals surface area contributed by atoms with Gasteiger partial charge in [-0.25, -0.2) is 0 Å². The van der Waals surface area contributed by atoms with Gasteiger partial charge in [-0.05, 0) is 49.1 Å². The van der Waals surface area contributed by atoms with Gasteiger partial charge in [0.15, 0.2) is 11.5 Å². The van der Waals surface area contributed by atoms with Crippen LogP contribution in [0, 0.1) is 5.92 Å². The summed E-state index contributed by atoms with van der Waals surface area (Å²) in [7, 11) is 1.61. The number of benzene rings is 2. The van der Waals surface area contributed by atoms with E-state index in [1.807, 2.05) is 50.2 Å². The van der Waals surface area contributed by atoms with Gasteiger partial charge in [0.25, 0.3) is 0 Å². The SMILES string of the molecule is COc1cc([C@H]2c3[nH]c4ccccc4c3C[C@H]3C(=O)N(CC(C)C)CC(=O)N23)ccc1OC(C)C. The minimum absolute atomic E-state index is 0.00218. The molecule has 2 aromatic carbocycles. The Balaban J connectivity index is 1.66. The molecule has 0 aliphatic carbocycles. The Morgan fingerprint density at radius 1 is 1.06 bits per heavy atom. The fourth-order valence-electron chi connectivity index (χ4n) is 5.47. The third-order valence-electron chi connectivity index (χ3n) is 6.79. The van der Waals surface area contributed by atoms with E-state index in [2.05, 4.69) is 24.9 Å². The average Bonchev–Trinajstić information content (AvgIpc) is 3.19. The Morgan fingerprint density at radius 2 is 1.83 bits per heavy atom. The third-order valence-corrected chi connectivity index (χ3v) is 6.79. The number of amides is 2. The second-order valence-corrected chi connectivity index (χ2v) is 10.2. The molecule has 0 saturated carbocycles. The number of carbonyl (C=O) groups excluding carboxylic acids is 2. The molecule has 5 rings (SSSR count). The Labute approximate surface area is 206 Å². The molecule has 0 bridgehead atoms. The van der Waals surface area contributed by atoms with Crippen molar-refractivity contribution >= 4 is 22.7 Å². The number of ether oxygens (including phenoxy) is 2. The van der Waals surface area contributed by atoms with Crippen LogP contribution in [0.4, 0.5) is 0 Å². The maximum Gasteiger partial charge on any atom is 0.246 e. The first kappa shape index (κ1) is 23.3. The van der Waals surface area contributed by atoms with Crippen molar-refractivity contribution in [2.75, 3.05) is 20.2 Å². The number of para-hydroxylation sites is 1. The first-order valence-corrected chi connectivity index (χ1v) is 12.3. The summed E-state index contributed by atoms with van der Waals surface area (Å²) in [5.41, 5.74) is 3.95. The lowest BCUT2D eigenvalue weighted by atomic mass is 9.86. The molecule has 7 heteroatoms. The van der Waals surface area contributed by atoms with Crippen LogP contribution in [-0.4, -0.2) is 58.9 Å². The normalized spacial score (nSPS) is 20.0. The first-order valence-electron chi connectivity index (χ1n) is 12.3. The summed E-state index contributed by atoms with van der Waals surface area (Å²) < 4.78 is 11.6. The van der Waals surface area contributed by atoms with Crippen molar-refractivity contribution in [2.24, 2.45) is 5.92 Å². The van der Waals surface area contributed by atoms with Gasteiger partial charge < -0.3 is 24.3 Å². The minimum Gasteiger partial charge on any atom is -0.493 e. The van der Waals surface area contributed by atoms with E-state index in [9.17, 15) is 9.59 Å². The standard InChI is InChI=1S/C28H33N3O4/c1-16(2)14-30-15-25(32)31-22(28(30)33)13-20-19-8-6-7-9-21(19)29-26(20)27(31)18-10-11-23(35-17(3)4)24(12-18)34-5/h6-12,16-17,22,27,29H,13-15H2,1-5H3/t22-,27-/m0/s1. The lowest BCUT2D eigenvalue weighted by Gasteiger charge is -2.47. The fraction of sp³-hybridized carbons (Fsp3) is 0.429. The fourth-order valence-corrected chi connectivity index (χ4v) is 5.47. The molecule has 1 aromatic heterocycles. The highest BCUT2D eigenvalue weighted by molar-refractivity contribution is 5.97. The number of rotatable bonds is 6. The van der Waals surface area contributed by atoms with Crippen LogP contribution in [0.1, 0.15) is 50.6 Å². The van der Waals surface area contributed by atoms with Crippen molar-refractivity contribution in [3.05, 3.63) is 59.3 Å². The molecule has 7 nitrogen and oxygen atoms in total. The summed E-state index contributed by atoms with van der Waals surface area (Å²) in [5, 5.41) is 1.10. The number of nitrogens with zero attached hydrogens (tertiary/aromatic N) is 2. The second kappa shape index (κ2) is 8.95. The Morgan fingerprint density at radius 3 is 2.54 bits per heavy atom. The molecular weight excluding hydrogens is 442 g/mol. The van der Waals surface area contributed by atoms with Crippen molar-refractivity contribution in [3.63, 3.8) is 0 Å². The summed E-state index contributed by atoms with van der Waals surface area (Å²) in [5.74, 6) is 1.53. The second-order valence-electron chi connectivity index (χ2n) is 10.2. The number of piperazine rings is 1. The summed E-state index contributed by atoms with van der Waals surface area (Å²) >= 11 is 0. The van der Waals surface area contributed by atoms with Gasteiger partial charge >= 0.3 is 0 Å². The van der Waals surface area contributed by atoms with Crippen LogP contribution in [0.2, 0.25) is 0 Å². The molecule has 2 aliphatic heterocycles. The number of hydrogen-bond donors (Lipinski definition) is 1. The van der Waals surface area contributed by atoms with Gasteiger partial charge in [0, 0.05) is 29.6 Å².